The summed E-state index contributed by atoms with van der Waals surface area (Å²) in [5, 5.41) is 0. The molecule has 0 aliphatic carbocycles. The zero-order valence-electron chi connectivity index (χ0n) is 24.6. The summed E-state index contributed by atoms with van der Waals surface area (Å²) in [5.41, 5.74) is 0. The maximum atomic E-state index is 2.56. The molecule has 2 heteroatoms. The maximum absolute atomic E-state index is 2.56. The molecule has 0 aliphatic rings. The monoisotopic (exact) mass is 490 g/mol. The lowest BCUT2D eigenvalue weighted by atomic mass is 10.0. The summed E-state index contributed by atoms with van der Waals surface area (Å²) in [4.78, 5) is 0. The minimum Gasteiger partial charge on any atom is -0.234 e. The van der Waals surface area contributed by atoms with E-state index >= 15 is 0 Å². The van der Waals surface area contributed by atoms with Gasteiger partial charge < -0.3 is 0 Å². The molecule has 0 spiro atoms. The Bertz CT molecular complexity index is 547. The first kappa shape index (κ1) is 32.2. The largest absolute Gasteiger partial charge is 0.256 e. The first-order valence-corrected chi connectivity index (χ1v) is 16.4. The molecular formula is C33H65N2+. The molecule has 0 amide bonds. The molecule has 206 valence electrons. The predicted molar refractivity (Wildman–Crippen MR) is 156 cm³/mol. The van der Waals surface area contributed by atoms with Gasteiger partial charge in [-0.05, 0) is 32.1 Å². The van der Waals surface area contributed by atoms with Gasteiger partial charge in [-0.1, -0.05) is 143 Å². The standard InChI is InChI=1S/C33H65N2/c1-4-7-9-11-13-14-15-16-17-18-19-20-21-23-25-27-30-35-32-31-34(33(35)28-6-3)29-26-24-22-12-10-8-5-2/h31-32H,4-30H2,1-3H3/q+1. The van der Waals surface area contributed by atoms with Gasteiger partial charge in [-0.3, -0.25) is 0 Å². The van der Waals surface area contributed by atoms with Gasteiger partial charge in [0.2, 0.25) is 0 Å². The topological polar surface area (TPSA) is 8.81 Å². The Morgan fingerprint density at radius 1 is 0.486 bits per heavy atom. The number of rotatable bonds is 27. The molecule has 0 fully saturated rings. The van der Waals surface area contributed by atoms with Crippen LogP contribution in [0.3, 0.4) is 0 Å². The molecule has 35 heavy (non-hydrogen) atoms. The number of hydrogen-bond acceptors (Lipinski definition) is 0. The Balaban J connectivity index is 2.01. The van der Waals surface area contributed by atoms with Crippen LogP contribution in [-0.4, -0.2) is 4.57 Å². The molecule has 0 aliphatic heterocycles. The summed E-state index contributed by atoms with van der Waals surface area (Å²) >= 11 is 0. The van der Waals surface area contributed by atoms with E-state index < -0.39 is 0 Å². The predicted octanol–water partition coefficient (Wildman–Crippen LogP) is 10.7. The molecule has 0 saturated heterocycles. The highest BCUT2D eigenvalue weighted by atomic mass is 15.1. The van der Waals surface area contributed by atoms with E-state index in [1.54, 1.807) is 5.82 Å². The highest BCUT2D eigenvalue weighted by molar-refractivity contribution is 4.84. The third-order valence-electron chi connectivity index (χ3n) is 7.82. The second-order valence-corrected chi connectivity index (χ2v) is 11.3. The molecule has 0 atom stereocenters. The van der Waals surface area contributed by atoms with Crippen LogP contribution < -0.4 is 4.57 Å². The second kappa shape index (κ2) is 24.9. The summed E-state index contributed by atoms with van der Waals surface area (Å²) in [7, 11) is 0. The van der Waals surface area contributed by atoms with Crippen LogP contribution in [0, 0.1) is 0 Å². The van der Waals surface area contributed by atoms with Crippen molar-refractivity contribution in [1.29, 1.82) is 0 Å². The van der Waals surface area contributed by atoms with Crippen molar-refractivity contribution in [1.82, 2.24) is 4.57 Å². The normalized spacial score (nSPS) is 11.5. The summed E-state index contributed by atoms with van der Waals surface area (Å²) in [6, 6.07) is 0. The molecular weight excluding hydrogens is 424 g/mol. The molecule has 0 aromatic carbocycles. The van der Waals surface area contributed by atoms with Gasteiger partial charge in [0.25, 0.3) is 5.82 Å². The van der Waals surface area contributed by atoms with Crippen molar-refractivity contribution in [2.24, 2.45) is 0 Å². The fraction of sp³-hybridized carbons (Fsp3) is 0.909. The Morgan fingerprint density at radius 3 is 1.31 bits per heavy atom. The number of imidazole rings is 1. The molecule has 0 N–H and O–H groups in total. The summed E-state index contributed by atoms with van der Waals surface area (Å²) in [6.07, 6.45) is 40.1. The Hall–Kier alpha value is -0.790. The third kappa shape index (κ3) is 18.2. The zero-order valence-corrected chi connectivity index (χ0v) is 24.6. The number of nitrogens with zero attached hydrogens (tertiary/aromatic N) is 2. The van der Waals surface area contributed by atoms with Crippen LogP contribution in [0.1, 0.15) is 181 Å². The van der Waals surface area contributed by atoms with E-state index in [0.29, 0.717) is 0 Å². The van der Waals surface area contributed by atoms with Crippen molar-refractivity contribution in [3.8, 4) is 0 Å². The van der Waals surface area contributed by atoms with Crippen LogP contribution in [0.15, 0.2) is 12.4 Å². The SMILES string of the molecule is CCCCCCCCCCCCCCCCCCn1cc[n+](CCCCCCCCC)c1CCC. The Labute approximate surface area is 221 Å². The quantitative estimate of drug-likeness (QED) is 0.0858. The molecule has 1 heterocycles. The number of aromatic nitrogens is 2. The second-order valence-electron chi connectivity index (χ2n) is 11.3. The van der Waals surface area contributed by atoms with Crippen LogP contribution in [0.2, 0.25) is 0 Å². The summed E-state index contributed by atoms with van der Waals surface area (Å²) in [6.45, 7) is 9.37. The number of unbranched alkanes of at least 4 members (excludes halogenated alkanes) is 21. The number of hydrogen-bond donors (Lipinski definition) is 0. The van der Waals surface area contributed by atoms with Gasteiger partial charge in [-0.2, -0.15) is 0 Å². The fourth-order valence-electron chi connectivity index (χ4n) is 5.49. The van der Waals surface area contributed by atoms with Gasteiger partial charge in [-0.15, -0.1) is 0 Å². The van der Waals surface area contributed by atoms with Crippen LogP contribution >= 0.6 is 0 Å². The minimum atomic E-state index is 1.22. The van der Waals surface area contributed by atoms with Crippen molar-refractivity contribution in [2.75, 3.05) is 0 Å². The Morgan fingerprint density at radius 2 is 0.886 bits per heavy atom. The van der Waals surface area contributed by atoms with E-state index in [9.17, 15) is 0 Å². The summed E-state index contributed by atoms with van der Waals surface area (Å²) in [5.74, 6) is 1.57. The molecule has 1 aromatic rings. The zero-order chi connectivity index (χ0) is 25.2. The molecule has 2 nitrogen and oxygen atoms in total. The maximum Gasteiger partial charge on any atom is 0.256 e. The van der Waals surface area contributed by atoms with Crippen molar-refractivity contribution < 1.29 is 4.57 Å². The van der Waals surface area contributed by atoms with E-state index in [0.717, 1.165) is 0 Å². The molecule has 1 rings (SSSR count). The van der Waals surface area contributed by atoms with Crippen LogP contribution in [0.4, 0.5) is 0 Å². The summed E-state index contributed by atoms with van der Waals surface area (Å²) < 4.78 is 5.12. The van der Waals surface area contributed by atoms with E-state index in [-0.39, 0.29) is 0 Å². The molecule has 0 radical (unpaired) electrons. The molecule has 0 unspecified atom stereocenters. The first-order chi connectivity index (χ1) is 17.3. The average molecular weight is 490 g/mol. The van der Waals surface area contributed by atoms with E-state index in [1.165, 1.54) is 174 Å². The molecule has 0 saturated carbocycles. The first-order valence-electron chi connectivity index (χ1n) is 16.4. The van der Waals surface area contributed by atoms with Crippen molar-refractivity contribution in [3.05, 3.63) is 18.2 Å². The lowest BCUT2D eigenvalue weighted by Gasteiger charge is -2.06. The van der Waals surface area contributed by atoms with Crippen LogP contribution in [-0.2, 0) is 19.5 Å². The van der Waals surface area contributed by atoms with Gasteiger partial charge in [0.1, 0.15) is 12.4 Å². The lowest BCUT2D eigenvalue weighted by Crippen LogP contribution is -2.37. The van der Waals surface area contributed by atoms with E-state index in [1.807, 2.05) is 0 Å². The smallest absolute Gasteiger partial charge is 0.234 e. The van der Waals surface area contributed by atoms with Crippen molar-refractivity contribution in [2.45, 2.75) is 194 Å². The van der Waals surface area contributed by atoms with Gasteiger partial charge in [0.15, 0.2) is 0 Å². The van der Waals surface area contributed by atoms with Gasteiger partial charge in [0.05, 0.1) is 13.1 Å². The molecule has 1 aromatic heterocycles. The van der Waals surface area contributed by atoms with Crippen LogP contribution in [0.5, 0.6) is 0 Å². The molecule has 0 bridgehead atoms. The van der Waals surface area contributed by atoms with Crippen molar-refractivity contribution in [3.63, 3.8) is 0 Å². The van der Waals surface area contributed by atoms with E-state index in [2.05, 4.69) is 42.3 Å². The number of aryl methyl sites for hydroxylation is 2. The lowest BCUT2D eigenvalue weighted by molar-refractivity contribution is -0.704. The highest BCUT2D eigenvalue weighted by Crippen LogP contribution is 2.14. The van der Waals surface area contributed by atoms with Gasteiger partial charge in [-0.25, -0.2) is 9.13 Å². The minimum absolute atomic E-state index is 1.22. The Kier molecular flexibility index (Phi) is 22.9. The fourth-order valence-corrected chi connectivity index (χ4v) is 5.49. The van der Waals surface area contributed by atoms with Crippen LogP contribution in [0.25, 0.3) is 0 Å². The highest BCUT2D eigenvalue weighted by Gasteiger charge is 2.15. The third-order valence-corrected chi connectivity index (χ3v) is 7.82. The van der Waals surface area contributed by atoms with Crippen molar-refractivity contribution >= 4 is 0 Å². The van der Waals surface area contributed by atoms with Gasteiger partial charge >= 0.3 is 0 Å². The van der Waals surface area contributed by atoms with Gasteiger partial charge in [0, 0.05) is 6.42 Å². The van der Waals surface area contributed by atoms with E-state index in [4.69, 9.17) is 0 Å². The average Bonchev–Trinajstić information content (AvgIpc) is 3.24.